The van der Waals surface area contributed by atoms with Crippen LogP contribution in [0.4, 0.5) is 9.59 Å². The lowest BCUT2D eigenvalue weighted by Gasteiger charge is -2.30. The summed E-state index contributed by atoms with van der Waals surface area (Å²) in [6.07, 6.45) is 4.65. The van der Waals surface area contributed by atoms with Crippen molar-refractivity contribution in [2.24, 2.45) is 5.92 Å². The number of hydrogen-bond donors (Lipinski definition) is 4. The molecule has 264 valence electrons. The number of aromatic nitrogens is 2. The largest absolute Gasteiger partial charge is 0.495 e. The molecule has 0 aliphatic heterocycles. The molecule has 0 bridgehead atoms. The van der Waals surface area contributed by atoms with Crippen molar-refractivity contribution < 1.29 is 33.7 Å². The molecule has 4 atom stereocenters. The van der Waals surface area contributed by atoms with Gasteiger partial charge in [0.2, 0.25) is 5.91 Å². The van der Waals surface area contributed by atoms with Gasteiger partial charge in [-0.3, -0.25) is 14.8 Å². The third-order valence-corrected chi connectivity index (χ3v) is 7.95. The van der Waals surface area contributed by atoms with Crippen molar-refractivity contribution in [1.29, 1.82) is 0 Å². The molecule has 0 spiro atoms. The standard InChI is InChI=1S/C38H45N5O7/c1-26(2)35(43-38(47)50-25-30-18-32(48-3)23-40-22-30)36(45)42-33(19-28-13-8-5-9-14-28)34(44)20-31(17-27-11-6-4-7-12-27)41-37(46)49-24-29-15-10-16-39-21-29/h4-16,18,21-23,26,31,33-35,44H,17,19-20,24-25H2,1-3H3,(H,41,46)(H,42,45)(H,43,47)/t31-,33-,34-,35-/m0/s1. The summed E-state index contributed by atoms with van der Waals surface area (Å²) in [5, 5.41) is 20.2. The minimum Gasteiger partial charge on any atom is -0.495 e. The van der Waals surface area contributed by atoms with Gasteiger partial charge in [0.15, 0.2) is 0 Å². The molecule has 0 unspecified atom stereocenters. The Morgan fingerprint density at radius 1 is 0.720 bits per heavy atom. The molecule has 4 aromatic rings. The van der Waals surface area contributed by atoms with Gasteiger partial charge in [0.05, 0.1) is 25.5 Å². The molecule has 4 N–H and O–H groups in total. The number of hydrogen-bond acceptors (Lipinski definition) is 9. The number of alkyl carbamates (subject to hydrolysis) is 2. The Labute approximate surface area is 292 Å². The van der Waals surface area contributed by atoms with Gasteiger partial charge in [0, 0.05) is 35.8 Å². The fourth-order valence-electron chi connectivity index (χ4n) is 5.32. The Bertz CT molecular complexity index is 1630. The maximum atomic E-state index is 13.7. The lowest BCUT2D eigenvalue weighted by atomic mass is 9.93. The van der Waals surface area contributed by atoms with Gasteiger partial charge in [-0.25, -0.2) is 9.59 Å². The van der Waals surface area contributed by atoms with Crippen LogP contribution in [-0.2, 0) is 40.3 Å². The summed E-state index contributed by atoms with van der Waals surface area (Å²) >= 11 is 0. The van der Waals surface area contributed by atoms with Crippen molar-refractivity contribution in [3.63, 3.8) is 0 Å². The first-order chi connectivity index (χ1) is 24.2. The van der Waals surface area contributed by atoms with E-state index in [2.05, 4.69) is 25.9 Å². The quantitative estimate of drug-likeness (QED) is 0.123. The van der Waals surface area contributed by atoms with Gasteiger partial charge in [-0.2, -0.15) is 0 Å². The van der Waals surface area contributed by atoms with E-state index in [0.29, 0.717) is 24.2 Å². The maximum absolute atomic E-state index is 13.7. The predicted octanol–water partition coefficient (Wildman–Crippen LogP) is 4.75. The van der Waals surface area contributed by atoms with E-state index in [9.17, 15) is 19.5 Å². The molecular weight excluding hydrogens is 638 g/mol. The summed E-state index contributed by atoms with van der Waals surface area (Å²) in [5.41, 5.74) is 3.20. The Hall–Kier alpha value is -5.49. The summed E-state index contributed by atoms with van der Waals surface area (Å²) in [6.45, 7) is 3.57. The van der Waals surface area contributed by atoms with Crippen molar-refractivity contribution in [2.75, 3.05) is 7.11 Å². The number of aliphatic hydroxyl groups is 1. The van der Waals surface area contributed by atoms with Gasteiger partial charge >= 0.3 is 12.2 Å². The van der Waals surface area contributed by atoms with Crippen LogP contribution in [0, 0.1) is 5.92 Å². The first-order valence-electron chi connectivity index (χ1n) is 16.5. The number of aliphatic hydroxyl groups excluding tert-OH is 1. The molecule has 2 aromatic carbocycles. The first kappa shape index (κ1) is 37.3. The van der Waals surface area contributed by atoms with Crippen LogP contribution in [0.5, 0.6) is 5.75 Å². The highest BCUT2D eigenvalue weighted by Crippen LogP contribution is 2.16. The number of amides is 3. The van der Waals surface area contributed by atoms with E-state index in [4.69, 9.17) is 14.2 Å². The molecule has 4 rings (SSSR count). The van der Waals surface area contributed by atoms with Gasteiger partial charge in [0.25, 0.3) is 0 Å². The molecule has 2 heterocycles. The number of pyridine rings is 2. The van der Waals surface area contributed by atoms with E-state index in [0.717, 1.165) is 16.7 Å². The van der Waals surface area contributed by atoms with Crippen LogP contribution in [0.1, 0.15) is 42.5 Å². The predicted molar refractivity (Wildman–Crippen MR) is 187 cm³/mol. The molecule has 50 heavy (non-hydrogen) atoms. The third-order valence-electron chi connectivity index (χ3n) is 7.95. The SMILES string of the molecule is COc1cncc(COC(=O)N[C@H](C(=O)N[C@@H](Cc2ccccc2)[C@@H](O)C[C@H](Cc2ccccc2)NC(=O)OCc2cccnc2)C(C)C)c1. The second kappa shape index (κ2) is 19.5. The van der Waals surface area contributed by atoms with Crippen molar-refractivity contribution in [2.45, 2.75) is 70.6 Å². The fourth-order valence-corrected chi connectivity index (χ4v) is 5.32. The Morgan fingerprint density at radius 2 is 1.32 bits per heavy atom. The molecule has 3 amide bonds. The van der Waals surface area contributed by atoms with Gasteiger partial charge in [-0.1, -0.05) is 80.6 Å². The van der Waals surface area contributed by atoms with Crippen LogP contribution in [0.25, 0.3) is 0 Å². The first-order valence-corrected chi connectivity index (χ1v) is 16.5. The van der Waals surface area contributed by atoms with Crippen molar-refractivity contribution >= 4 is 18.1 Å². The molecule has 2 aromatic heterocycles. The number of nitrogens with zero attached hydrogens (tertiary/aromatic N) is 2. The zero-order valence-corrected chi connectivity index (χ0v) is 28.5. The second-order valence-electron chi connectivity index (χ2n) is 12.3. The number of methoxy groups -OCH3 is 1. The topological polar surface area (TPSA) is 161 Å². The van der Waals surface area contributed by atoms with E-state index < -0.39 is 42.3 Å². The maximum Gasteiger partial charge on any atom is 0.408 e. The molecule has 0 saturated heterocycles. The molecule has 0 radical (unpaired) electrons. The van der Waals surface area contributed by atoms with E-state index in [1.165, 1.54) is 7.11 Å². The highest BCUT2D eigenvalue weighted by molar-refractivity contribution is 5.86. The van der Waals surface area contributed by atoms with E-state index in [1.807, 2.05) is 60.7 Å². The lowest BCUT2D eigenvalue weighted by molar-refractivity contribution is -0.125. The molecule has 0 aliphatic rings. The molecule has 0 fully saturated rings. The highest BCUT2D eigenvalue weighted by Gasteiger charge is 2.31. The second-order valence-corrected chi connectivity index (χ2v) is 12.3. The molecule has 0 saturated carbocycles. The monoisotopic (exact) mass is 683 g/mol. The molecule has 12 heteroatoms. The number of carbonyl (C=O) groups is 3. The Morgan fingerprint density at radius 3 is 1.94 bits per heavy atom. The third kappa shape index (κ3) is 12.5. The van der Waals surface area contributed by atoms with Crippen molar-refractivity contribution in [3.8, 4) is 5.75 Å². The number of ether oxygens (including phenoxy) is 3. The zero-order chi connectivity index (χ0) is 35.7. The molecular formula is C38H45N5O7. The van der Waals surface area contributed by atoms with Crippen molar-refractivity contribution in [3.05, 3.63) is 126 Å². The summed E-state index contributed by atoms with van der Waals surface area (Å²) < 4.78 is 16.0. The molecule has 0 aliphatic carbocycles. The number of benzene rings is 2. The summed E-state index contributed by atoms with van der Waals surface area (Å²) in [7, 11) is 1.52. The van der Waals surface area contributed by atoms with E-state index >= 15 is 0 Å². The van der Waals surface area contributed by atoms with E-state index in [1.54, 1.807) is 56.8 Å². The lowest BCUT2D eigenvalue weighted by Crippen LogP contribution is -2.56. The van der Waals surface area contributed by atoms with Crippen molar-refractivity contribution in [1.82, 2.24) is 25.9 Å². The molecule has 12 nitrogen and oxygen atoms in total. The average molecular weight is 684 g/mol. The highest BCUT2D eigenvalue weighted by atomic mass is 16.6. The Balaban J connectivity index is 1.45. The summed E-state index contributed by atoms with van der Waals surface area (Å²) in [5.74, 6) is -0.266. The van der Waals surface area contributed by atoms with Gasteiger partial charge < -0.3 is 35.3 Å². The normalized spacial score (nSPS) is 13.3. The number of carbonyl (C=O) groups excluding carboxylic acids is 3. The minimum atomic E-state index is -1.09. The van der Waals surface area contributed by atoms with Crippen LogP contribution < -0.4 is 20.7 Å². The minimum absolute atomic E-state index is 0.0371. The average Bonchev–Trinajstić information content (AvgIpc) is 3.13. The Kier molecular flexibility index (Phi) is 14.6. The van der Waals surface area contributed by atoms with Gasteiger partial charge in [0.1, 0.15) is 25.0 Å². The van der Waals surface area contributed by atoms with Crippen LogP contribution in [0.3, 0.4) is 0 Å². The smallest absolute Gasteiger partial charge is 0.408 e. The van der Waals surface area contributed by atoms with Gasteiger partial charge in [-0.15, -0.1) is 0 Å². The number of nitrogens with one attached hydrogen (secondary N) is 3. The van der Waals surface area contributed by atoms with Crippen LogP contribution >= 0.6 is 0 Å². The van der Waals surface area contributed by atoms with Crippen LogP contribution in [-0.4, -0.2) is 64.5 Å². The van der Waals surface area contributed by atoms with E-state index in [-0.39, 0.29) is 25.6 Å². The van der Waals surface area contributed by atoms with Gasteiger partial charge in [-0.05, 0) is 48.4 Å². The van der Waals surface area contributed by atoms with Crippen LogP contribution in [0.15, 0.2) is 104 Å². The number of rotatable bonds is 17. The summed E-state index contributed by atoms with van der Waals surface area (Å²) in [4.78, 5) is 47.6. The fraction of sp³-hybridized carbons (Fsp3) is 0.342. The van der Waals surface area contributed by atoms with Crippen LogP contribution in [0.2, 0.25) is 0 Å². The summed E-state index contributed by atoms with van der Waals surface area (Å²) in [6, 6.07) is 22.0. The zero-order valence-electron chi connectivity index (χ0n) is 28.5.